The Morgan fingerprint density at radius 3 is 2.70 bits per heavy atom. The third-order valence-electron chi connectivity index (χ3n) is 5.10. The smallest absolute Gasteiger partial charge is 0.0524 e. The minimum atomic E-state index is 0.705. The zero-order valence-corrected chi connectivity index (χ0v) is 13.0. The van der Waals surface area contributed by atoms with E-state index in [1.807, 2.05) is 6.20 Å². The Labute approximate surface area is 122 Å². The van der Waals surface area contributed by atoms with Gasteiger partial charge in [-0.1, -0.05) is 20.3 Å². The first-order valence-corrected chi connectivity index (χ1v) is 8.27. The molecule has 2 heterocycles. The van der Waals surface area contributed by atoms with Crippen LogP contribution in [0.5, 0.6) is 0 Å². The van der Waals surface area contributed by atoms with Crippen molar-refractivity contribution in [1.82, 2.24) is 19.6 Å². The largest absolute Gasteiger partial charge is 0.303 e. The van der Waals surface area contributed by atoms with Crippen LogP contribution in [0.1, 0.15) is 38.8 Å². The Kier molecular flexibility index (Phi) is 4.41. The van der Waals surface area contributed by atoms with Crippen molar-refractivity contribution in [2.75, 3.05) is 26.2 Å². The molecule has 0 N–H and O–H groups in total. The fraction of sp³-hybridized carbons (Fsp3) is 0.812. The van der Waals surface area contributed by atoms with Crippen molar-refractivity contribution in [1.29, 1.82) is 0 Å². The number of hydrogen-bond donors (Lipinski definition) is 0. The summed E-state index contributed by atoms with van der Waals surface area (Å²) in [6, 6.07) is 3.03. The fourth-order valence-corrected chi connectivity index (χ4v) is 3.56. The van der Waals surface area contributed by atoms with Crippen molar-refractivity contribution in [2.45, 2.75) is 52.2 Å². The van der Waals surface area contributed by atoms with Gasteiger partial charge in [-0.3, -0.25) is 9.58 Å². The molecule has 3 rings (SSSR count). The molecule has 1 aromatic rings. The summed E-state index contributed by atoms with van der Waals surface area (Å²) in [5, 5.41) is 4.54. The van der Waals surface area contributed by atoms with Gasteiger partial charge in [0.15, 0.2) is 0 Å². The van der Waals surface area contributed by atoms with E-state index < -0.39 is 0 Å². The molecule has 1 saturated carbocycles. The fourth-order valence-electron chi connectivity index (χ4n) is 3.56. The van der Waals surface area contributed by atoms with Crippen LogP contribution in [0.4, 0.5) is 0 Å². The highest BCUT2D eigenvalue weighted by Crippen LogP contribution is 2.29. The van der Waals surface area contributed by atoms with Gasteiger partial charge in [0.2, 0.25) is 0 Å². The molecule has 4 heteroatoms. The van der Waals surface area contributed by atoms with Gasteiger partial charge in [0.25, 0.3) is 0 Å². The minimum absolute atomic E-state index is 0.705. The maximum absolute atomic E-state index is 4.54. The summed E-state index contributed by atoms with van der Waals surface area (Å²) in [5.74, 6) is 0.705. The van der Waals surface area contributed by atoms with E-state index in [0.29, 0.717) is 5.92 Å². The van der Waals surface area contributed by atoms with Crippen molar-refractivity contribution in [2.24, 2.45) is 5.92 Å². The van der Waals surface area contributed by atoms with Crippen molar-refractivity contribution in [3.05, 3.63) is 18.0 Å². The molecule has 1 aliphatic carbocycles. The van der Waals surface area contributed by atoms with Gasteiger partial charge in [-0.05, 0) is 32.0 Å². The standard InChI is InChI=1S/C16H28N4/c1-3-18(4-2)10-14-11-19(15-6-5-7-15)13-16-8-9-17-20(16)12-14/h8-9,14-15H,3-7,10-13H2,1-2H3/t14-/m0/s1. The summed E-state index contributed by atoms with van der Waals surface area (Å²) in [5.41, 5.74) is 1.40. The first kappa shape index (κ1) is 14.1. The Balaban J connectivity index is 1.73. The molecule has 1 fully saturated rings. The average molecular weight is 276 g/mol. The highest BCUT2D eigenvalue weighted by atomic mass is 15.3. The van der Waals surface area contributed by atoms with Gasteiger partial charge in [0, 0.05) is 44.3 Å². The van der Waals surface area contributed by atoms with E-state index in [9.17, 15) is 0 Å². The topological polar surface area (TPSA) is 24.3 Å². The lowest BCUT2D eigenvalue weighted by Gasteiger charge is -2.38. The van der Waals surface area contributed by atoms with E-state index in [0.717, 1.165) is 32.2 Å². The predicted octanol–water partition coefficient (Wildman–Crippen LogP) is 2.21. The molecule has 2 aliphatic rings. The minimum Gasteiger partial charge on any atom is -0.303 e. The summed E-state index contributed by atoms with van der Waals surface area (Å²) in [7, 11) is 0. The Bertz CT molecular complexity index is 420. The zero-order valence-electron chi connectivity index (χ0n) is 13.0. The first-order valence-electron chi connectivity index (χ1n) is 8.27. The molecule has 0 bridgehead atoms. The van der Waals surface area contributed by atoms with Crippen LogP contribution in [-0.2, 0) is 13.1 Å². The lowest BCUT2D eigenvalue weighted by molar-refractivity contribution is 0.0929. The quantitative estimate of drug-likeness (QED) is 0.824. The van der Waals surface area contributed by atoms with Gasteiger partial charge in [0.05, 0.1) is 5.69 Å². The lowest BCUT2D eigenvalue weighted by atomic mass is 9.90. The van der Waals surface area contributed by atoms with E-state index in [-0.39, 0.29) is 0 Å². The molecule has 0 amide bonds. The Morgan fingerprint density at radius 2 is 2.05 bits per heavy atom. The summed E-state index contributed by atoms with van der Waals surface area (Å²) >= 11 is 0. The van der Waals surface area contributed by atoms with E-state index in [2.05, 4.69) is 39.5 Å². The van der Waals surface area contributed by atoms with Gasteiger partial charge < -0.3 is 4.90 Å². The van der Waals surface area contributed by atoms with E-state index >= 15 is 0 Å². The molecule has 4 nitrogen and oxygen atoms in total. The SMILES string of the molecule is CCN(CC)C[C@H]1CN(C2CCC2)Cc2ccnn2C1. The summed E-state index contributed by atoms with van der Waals surface area (Å²) < 4.78 is 2.24. The summed E-state index contributed by atoms with van der Waals surface area (Å²) in [6.07, 6.45) is 6.17. The first-order chi connectivity index (χ1) is 9.80. The zero-order chi connectivity index (χ0) is 13.9. The molecule has 112 valence electrons. The molecule has 20 heavy (non-hydrogen) atoms. The Morgan fingerprint density at radius 1 is 1.25 bits per heavy atom. The third-order valence-corrected chi connectivity index (χ3v) is 5.10. The average Bonchev–Trinajstić information content (AvgIpc) is 2.74. The number of aromatic nitrogens is 2. The van der Waals surface area contributed by atoms with Crippen molar-refractivity contribution < 1.29 is 0 Å². The van der Waals surface area contributed by atoms with Crippen molar-refractivity contribution in [3.63, 3.8) is 0 Å². The number of nitrogens with zero attached hydrogens (tertiary/aromatic N) is 4. The third kappa shape index (κ3) is 2.91. The summed E-state index contributed by atoms with van der Waals surface area (Å²) in [6.45, 7) is 11.5. The molecule has 0 spiro atoms. The highest BCUT2D eigenvalue weighted by Gasteiger charge is 2.30. The predicted molar refractivity (Wildman–Crippen MR) is 81.6 cm³/mol. The van der Waals surface area contributed by atoms with E-state index in [4.69, 9.17) is 0 Å². The molecule has 0 saturated heterocycles. The number of hydrogen-bond acceptors (Lipinski definition) is 3. The molecule has 1 atom stereocenters. The molecule has 0 aromatic carbocycles. The second kappa shape index (κ2) is 6.27. The van der Waals surface area contributed by atoms with Crippen LogP contribution in [0.25, 0.3) is 0 Å². The second-order valence-corrected chi connectivity index (χ2v) is 6.37. The van der Waals surface area contributed by atoms with E-state index in [1.54, 1.807) is 0 Å². The second-order valence-electron chi connectivity index (χ2n) is 6.37. The van der Waals surface area contributed by atoms with Crippen molar-refractivity contribution in [3.8, 4) is 0 Å². The molecule has 1 aromatic heterocycles. The molecule has 0 unspecified atom stereocenters. The molecular weight excluding hydrogens is 248 g/mol. The normalized spacial score (nSPS) is 24.4. The number of rotatable bonds is 5. The maximum atomic E-state index is 4.54. The van der Waals surface area contributed by atoms with Crippen LogP contribution in [-0.4, -0.2) is 51.8 Å². The van der Waals surface area contributed by atoms with Gasteiger partial charge in [0.1, 0.15) is 0 Å². The van der Waals surface area contributed by atoms with Crippen LogP contribution < -0.4 is 0 Å². The lowest BCUT2D eigenvalue weighted by Crippen LogP contribution is -2.43. The van der Waals surface area contributed by atoms with Crippen LogP contribution in [0.3, 0.4) is 0 Å². The summed E-state index contributed by atoms with van der Waals surface area (Å²) in [4.78, 5) is 5.27. The Hall–Kier alpha value is -0.870. The van der Waals surface area contributed by atoms with Gasteiger partial charge >= 0.3 is 0 Å². The maximum Gasteiger partial charge on any atom is 0.0524 e. The van der Waals surface area contributed by atoms with Crippen LogP contribution in [0, 0.1) is 5.92 Å². The monoisotopic (exact) mass is 276 g/mol. The van der Waals surface area contributed by atoms with Crippen LogP contribution in [0.2, 0.25) is 0 Å². The molecule has 0 radical (unpaired) electrons. The van der Waals surface area contributed by atoms with Crippen LogP contribution >= 0.6 is 0 Å². The van der Waals surface area contributed by atoms with Gasteiger partial charge in [-0.25, -0.2) is 0 Å². The molecule has 1 aliphatic heterocycles. The number of fused-ring (bicyclic) bond motifs is 1. The highest BCUT2D eigenvalue weighted by molar-refractivity contribution is 5.03. The van der Waals surface area contributed by atoms with E-state index in [1.165, 1.54) is 38.0 Å². The molecular formula is C16H28N4. The van der Waals surface area contributed by atoms with Gasteiger partial charge in [-0.15, -0.1) is 0 Å². The van der Waals surface area contributed by atoms with Crippen LogP contribution in [0.15, 0.2) is 12.3 Å². The van der Waals surface area contributed by atoms with Crippen molar-refractivity contribution >= 4 is 0 Å². The van der Waals surface area contributed by atoms with Gasteiger partial charge in [-0.2, -0.15) is 5.10 Å².